The van der Waals surface area contributed by atoms with E-state index in [4.69, 9.17) is 4.74 Å². The Morgan fingerprint density at radius 3 is 2.44 bits per heavy atom. The van der Waals surface area contributed by atoms with Gasteiger partial charge in [0, 0.05) is 13.1 Å². The van der Waals surface area contributed by atoms with E-state index >= 15 is 0 Å². The highest BCUT2D eigenvalue weighted by Gasteiger charge is 2.11. The Kier molecular flexibility index (Phi) is 6.94. The van der Waals surface area contributed by atoms with Crippen LogP contribution in [0.2, 0.25) is 0 Å². The highest BCUT2D eigenvalue weighted by Crippen LogP contribution is 2.05. The normalized spacial score (nSPS) is 13.2. The van der Waals surface area contributed by atoms with Crippen molar-refractivity contribution in [3.8, 4) is 0 Å². The molecule has 3 nitrogen and oxygen atoms in total. The second-order valence-electron chi connectivity index (χ2n) is 4.85. The van der Waals surface area contributed by atoms with Crippen molar-refractivity contribution in [1.82, 2.24) is 4.90 Å². The summed E-state index contributed by atoms with van der Waals surface area (Å²) in [5, 5.41) is 9.91. The van der Waals surface area contributed by atoms with E-state index in [0.717, 1.165) is 13.1 Å². The number of rotatable bonds is 8. The number of aliphatic hydroxyl groups is 1. The molecule has 1 aromatic rings. The highest BCUT2D eigenvalue weighted by atomic mass is 16.5. The van der Waals surface area contributed by atoms with Crippen LogP contribution < -0.4 is 0 Å². The van der Waals surface area contributed by atoms with Gasteiger partial charge in [-0.2, -0.15) is 0 Å². The van der Waals surface area contributed by atoms with Crippen molar-refractivity contribution in [2.75, 3.05) is 19.7 Å². The van der Waals surface area contributed by atoms with Crippen LogP contribution in [0.15, 0.2) is 30.3 Å². The Hall–Kier alpha value is -0.900. The lowest BCUT2D eigenvalue weighted by molar-refractivity contribution is -0.00885. The predicted octanol–water partition coefficient (Wildman–Crippen LogP) is 2.29. The number of hydrogen-bond acceptors (Lipinski definition) is 3. The van der Waals surface area contributed by atoms with Gasteiger partial charge in [-0.05, 0) is 26.0 Å². The fraction of sp³-hybridized carbons (Fsp3) is 0.600. The van der Waals surface area contributed by atoms with E-state index in [-0.39, 0.29) is 6.10 Å². The maximum absolute atomic E-state index is 9.91. The zero-order valence-corrected chi connectivity index (χ0v) is 11.7. The number of nitrogens with zero attached hydrogens (tertiary/aromatic N) is 1. The number of ether oxygens (including phenoxy) is 1. The molecule has 0 aliphatic rings. The average molecular weight is 251 g/mol. The first-order valence-electron chi connectivity index (χ1n) is 6.67. The van der Waals surface area contributed by atoms with Gasteiger partial charge in [0.15, 0.2) is 0 Å². The Bertz CT molecular complexity index is 314. The van der Waals surface area contributed by atoms with Crippen molar-refractivity contribution in [1.29, 1.82) is 0 Å². The summed E-state index contributed by atoms with van der Waals surface area (Å²) in [6, 6.07) is 10.3. The van der Waals surface area contributed by atoms with Gasteiger partial charge in [-0.15, -0.1) is 0 Å². The number of aliphatic hydroxyl groups excluding tert-OH is 1. The SMILES string of the molecule is CCN(Cc1ccccc1)CC(O)COC(C)C. The van der Waals surface area contributed by atoms with Gasteiger partial charge in [0.25, 0.3) is 0 Å². The molecule has 0 fully saturated rings. The molecular formula is C15H25NO2. The van der Waals surface area contributed by atoms with Crippen molar-refractivity contribution < 1.29 is 9.84 Å². The van der Waals surface area contributed by atoms with Crippen LogP contribution in [0.3, 0.4) is 0 Å². The first kappa shape index (κ1) is 15.2. The zero-order chi connectivity index (χ0) is 13.4. The van der Waals surface area contributed by atoms with Crippen molar-refractivity contribution in [3.63, 3.8) is 0 Å². The van der Waals surface area contributed by atoms with Crippen LogP contribution in [-0.2, 0) is 11.3 Å². The molecule has 0 amide bonds. The highest BCUT2D eigenvalue weighted by molar-refractivity contribution is 5.14. The van der Waals surface area contributed by atoms with Crippen molar-refractivity contribution in [3.05, 3.63) is 35.9 Å². The summed E-state index contributed by atoms with van der Waals surface area (Å²) in [7, 11) is 0. The molecule has 0 spiro atoms. The van der Waals surface area contributed by atoms with Crippen LogP contribution in [0.5, 0.6) is 0 Å². The fourth-order valence-electron chi connectivity index (χ4n) is 1.80. The minimum absolute atomic E-state index is 0.170. The van der Waals surface area contributed by atoms with Crippen molar-refractivity contribution in [2.45, 2.75) is 39.5 Å². The van der Waals surface area contributed by atoms with Crippen LogP contribution in [-0.4, -0.2) is 41.9 Å². The quantitative estimate of drug-likeness (QED) is 0.769. The van der Waals surface area contributed by atoms with Crippen LogP contribution >= 0.6 is 0 Å². The first-order valence-corrected chi connectivity index (χ1v) is 6.67. The van der Waals surface area contributed by atoms with Gasteiger partial charge in [-0.25, -0.2) is 0 Å². The number of likely N-dealkylation sites (N-methyl/N-ethyl adjacent to an activating group) is 1. The summed E-state index contributed by atoms with van der Waals surface area (Å²) in [4.78, 5) is 2.23. The van der Waals surface area contributed by atoms with E-state index in [1.54, 1.807) is 0 Å². The molecule has 18 heavy (non-hydrogen) atoms. The Balaban J connectivity index is 2.37. The van der Waals surface area contributed by atoms with E-state index < -0.39 is 6.10 Å². The van der Waals surface area contributed by atoms with Crippen LogP contribution in [0.25, 0.3) is 0 Å². The minimum Gasteiger partial charge on any atom is -0.389 e. The standard InChI is InChI=1S/C15H25NO2/c1-4-16(10-14-8-6-5-7-9-14)11-15(17)12-18-13(2)3/h5-9,13,15,17H,4,10-12H2,1-3H3. The Labute approximate surface area is 110 Å². The zero-order valence-electron chi connectivity index (χ0n) is 11.7. The van der Waals surface area contributed by atoms with Crippen molar-refractivity contribution in [2.24, 2.45) is 0 Å². The van der Waals surface area contributed by atoms with Crippen LogP contribution in [0.4, 0.5) is 0 Å². The predicted molar refractivity (Wildman–Crippen MR) is 74.5 cm³/mol. The molecule has 0 aliphatic heterocycles. The molecule has 1 unspecified atom stereocenters. The first-order chi connectivity index (χ1) is 8.61. The van der Waals surface area contributed by atoms with Gasteiger partial charge >= 0.3 is 0 Å². The van der Waals surface area contributed by atoms with Crippen LogP contribution in [0.1, 0.15) is 26.3 Å². The maximum atomic E-state index is 9.91. The van der Waals surface area contributed by atoms with E-state index in [1.807, 2.05) is 32.0 Å². The van der Waals surface area contributed by atoms with Gasteiger partial charge in [-0.3, -0.25) is 4.90 Å². The lowest BCUT2D eigenvalue weighted by atomic mass is 10.2. The van der Waals surface area contributed by atoms with E-state index in [0.29, 0.717) is 13.2 Å². The van der Waals surface area contributed by atoms with Gasteiger partial charge < -0.3 is 9.84 Å². The molecule has 1 aromatic carbocycles. The van der Waals surface area contributed by atoms with Gasteiger partial charge in [0.1, 0.15) is 0 Å². The lowest BCUT2D eigenvalue weighted by Gasteiger charge is -2.24. The molecule has 1 N–H and O–H groups in total. The molecule has 0 heterocycles. The molecule has 0 bridgehead atoms. The van der Waals surface area contributed by atoms with Gasteiger partial charge in [0.2, 0.25) is 0 Å². The van der Waals surface area contributed by atoms with E-state index in [1.165, 1.54) is 5.56 Å². The fourth-order valence-corrected chi connectivity index (χ4v) is 1.80. The summed E-state index contributed by atoms with van der Waals surface area (Å²) in [5.41, 5.74) is 1.27. The molecular weight excluding hydrogens is 226 g/mol. The second kappa shape index (κ2) is 8.25. The summed E-state index contributed by atoms with van der Waals surface area (Å²) < 4.78 is 5.42. The third-order valence-corrected chi connectivity index (χ3v) is 2.79. The third kappa shape index (κ3) is 6.15. The number of hydrogen-bond donors (Lipinski definition) is 1. The molecule has 3 heteroatoms. The summed E-state index contributed by atoms with van der Waals surface area (Å²) in [6.07, 6.45) is -0.250. The third-order valence-electron chi connectivity index (χ3n) is 2.79. The molecule has 0 saturated carbocycles. The van der Waals surface area contributed by atoms with Crippen LogP contribution in [0, 0.1) is 0 Å². The molecule has 102 valence electrons. The number of benzene rings is 1. The topological polar surface area (TPSA) is 32.7 Å². The Morgan fingerprint density at radius 1 is 1.22 bits per heavy atom. The molecule has 0 radical (unpaired) electrons. The molecule has 0 aromatic heterocycles. The summed E-state index contributed by atoms with van der Waals surface area (Å²) in [6.45, 7) is 8.92. The van der Waals surface area contributed by atoms with Crippen molar-refractivity contribution >= 4 is 0 Å². The average Bonchev–Trinajstić information content (AvgIpc) is 2.37. The Morgan fingerprint density at radius 2 is 1.89 bits per heavy atom. The summed E-state index contributed by atoms with van der Waals surface area (Å²) in [5.74, 6) is 0. The monoisotopic (exact) mass is 251 g/mol. The van der Waals surface area contributed by atoms with Gasteiger partial charge in [-0.1, -0.05) is 37.3 Å². The smallest absolute Gasteiger partial charge is 0.0900 e. The largest absolute Gasteiger partial charge is 0.389 e. The molecule has 0 aliphatic carbocycles. The molecule has 0 saturated heterocycles. The van der Waals surface area contributed by atoms with Gasteiger partial charge in [0.05, 0.1) is 18.8 Å². The maximum Gasteiger partial charge on any atom is 0.0900 e. The lowest BCUT2D eigenvalue weighted by Crippen LogP contribution is -2.35. The minimum atomic E-state index is -0.420. The summed E-state index contributed by atoms with van der Waals surface area (Å²) >= 11 is 0. The second-order valence-corrected chi connectivity index (χ2v) is 4.85. The molecule has 1 rings (SSSR count). The van der Waals surface area contributed by atoms with E-state index in [2.05, 4.69) is 24.0 Å². The van der Waals surface area contributed by atoms with E-state index in [9.17, 15) is 5.11 Å². The molecule has 1 atom stereocenters.